The number of alkyl halides is 3. The summed E-state index contributed by atoms with van der Waals surface area (Å²) in [6, 6.07) is 0. The van der Waals surface area contributed by atoms with Crippen LogP contribution >= 0.6 is 11.5 Å². The normalized spacial score (nSPS) is 11.6. The van der Waals surface area contributed by atoms with E-state index in [1.54, 1.807) is 0 Å². The average Bonchev–Trinajstić information content (AvgIpc) is 2.32. The van der Waals surface area contributed by atoms with Crippen LogP contribution in [0.5, 0.6) is 0 Å². The van der Waals surface area contributed by atoms with Crippen LogP contribution in [0.25, 0.3) is 0 Å². The Kier molecular flexibility index (Phi) is 1.96. The van der Waals surface area contributed by atoms with E-state index in [2.05, 4.69) is 9.36 Å². The van der Waals surface area contributed by atoms with Crippen molar-refractivity contribution in [3.8, 4) is 0 Å². The van der Waals surface area contributed by atoms with Gasteiger partial charge in [-0.05, 0) is 0 Å². The van der Waals surface area contributed by atoms with Crippen molar-refractivity contribution >= 4 is 16.7 Å². The molecule has 0 radical (unpaired) electrons. The quantitative estimate of drug-likeness (QED) is 0.648. The van der Waals surface area contributed by atoms with E-state index in [0.717, 1.165) is 0 Å². The van der Waals surface area contributed by atoms with Crippen LogP contribution in [-0.4, -0.2) is 14.6 Å². The highest BCUT2D eigenvalue weighted by Crippen LogP contribution is 2.28. The van der Waals surface area contributed by atoms with Crippen molar-refractivity contribution in [1.82, 2.24) is 9.36 Å². The summed E-state index contributed by atoms with van der Waals surface area (Å²) in [6.07, 6.45) is -4.55. The Morgan fingerprint density at radius 3 is 2.36 bits per heavy atom. The second-order valence-electron chi connectivity index (χ2n) is 1.53. The number of hydrogen-bond acceptors (Lipinski definition) is 5. The van der Waals surface area contributed by atoms with Crippen LogP contribution < -0.4 is 5.48 Å². The van der Waals surface area contributed by atoms with Crippen molar-refractivity contribution in [2.24, 2.45) is 0 Å². The molecule has 0 saturated carbocycles. The molecular formula is C3H2F3N3OS. The third-order valence-electron chi connectivity index (χ3n) is 0.775. The fourth-order valence-electron chi connectivity index (χ4n) is 0.384. The first-order chi connectivity index (χ1) is 5.04. The van der Waals surface area contributed by atoms with Gasteiger partial charge >= 0.3 is 6.18 Å². The Bertz CT molecular complexity index is 246. The van der Waals surface area contributed by atoms with Crippen LogP contribution in [0.1, 0.15) is 5.82 Å². The van der Waals surface area contributed by atoms with E-state index in [1.165, 1.54) is 5.48 Å². The highest BCUT2D eigenvalue weighted by molar-refractivity contribution is 7.09. The van der Waals surface area contributed by atoms with E-state index in [9.17, 15) is 13.2 Å². The van der Waals surface area contributed by atoms with Crippen LogP contribution in [0.3, 0.4) is 0 Å². The van der Waals surface area contributed by atoms with E-state index >= 15 is 0 Å². The largest absolute Gasteiger partial charge is 0.452 e. The summed E-state index contributed by atoms with van der Waals surface area (Å²) < 4.78 is 38.1. The zero-order valence-electron chi connectivity index (χ0n) is 4.88. The van der Waals surface area contributed by atoms with Gasteiger partial charge in [0, 0.05) is 11.5 Å². The monoisotopic (exact) mass is 185 g/mol. The molecule has 1 rings (SSSR count). The zero-order chi connectivity index (χ0) is 8.48. The minimum Gasteiger partial charge on any atom is -0.289 e. The van der Waals surface area contributed by atoms with Crippen LogP contribution in [0.15, 0.2) is 0 Å². The lowest BCUT2D eigenvalue weighted by molar-refractivity contribution is -0.144. The number of anilines is 1. The highest BCUT2D eigenvalue weighted by Gasteiger charge is 2.35. The number of halogens is 3. The van der Waals surface area contributed by atoms with Gasteiger partial charge in [0.05, 0.1) is 0 Å². The molecule has 1 aromatic heterocycles. The Hall–Kier alpha value is -0.890. The van der Waals surface area contributed by atoms with Crippen LogP contribution in [-0.2, 0) is 6.18 Å². The highest BCUT2D eigenvalue weighted by atomic mass is 32.1. The molecule has 2 N–H and O–H groups in total. The van der Waals surface area contributed by atoms with Crippen LogP contribution in [0, 0.1) is 0 Å². The third kappa shape index (κ3) is 1.77. The van der Waals surface area contributed by atoms with Crippen molar-refractivity contribution in [3.05, 3.63) is 5.82 Å². The molecule has 0 saturated heterocycles. The Morgan fingerprint density at radius 1 is 1.45 bits per heavy atom. The number of nitrogens with one attached hydrogen (secondary N) is 1. The Labute approximate surface area is 62.8 Å². The molecule has 4 nitrogen and oxygen atoms in total. The summed E-state index contributed by atoms with van der Waals surface area (Å²) in [5.74, 6) is -1.25. The summed E-state index contributed by atoms with van der Waals surface area (Å²) in [7, 11) is 0. The lowest BCUT2D eigenvalue weighted by Crippen LogP contribution is -2.07. The molecule has 0 spiro atoms. The summed E-state index contributed by atoms with van der Waals surface area (Å²) in [6.45, 7) is 0. The molecule has 0 bridgehead atoms. The molecule has 0 atom stereocenters. The standard InChI is InChI=1S/C3H2F3N3OS/c4-3(5,6)1-7-2(8-10)11-9-1/h10H,(H,7,8,9). The fourth-order valence-corrected chi connectivity index (χ4v) is 0.869. The van der Waals surface area contributed by atoms with Gasteiger partial charge in [-0.15, -0.1) is 0 Å². The SMILES string of the molecule is ONc1nc(C(F)(F)F)ns1. The van der Waals surface area contributed by atoms with Crippen molar-refractivity contribution in [1.29, 1.82) is 0 Å². The third-order valence-corrected chi connectivity index (χ3v) is 1.39. The molecule has 0 amide bonds. The molecule has 11 heavy (non-hydrogen) atoms. The van der Waals surface area contributed by atoms with Gasteiger partial charge in [-0.1, -0.05) is 0 Å². The van der Waals surface area contributed by atoms with Crippen molar-refractivity contribution in [2.75, 3.05) is 5.48 Å². The van der Waals surface area contributed by atoms with E-state index in [4.69, 9.17) is 5.21 Å². The summed E-state index contributed by atoms with van der Waals surface area (Å²) in [4.78, 5) is 2.92. The molecule has 0 unspecified atom stereocenters. The predicted octanol–water partition coefficient (Wildman–Crippen LogP) is 1.36. The second kappa shape index (κ2) is 2.62. The van der Waals surface area contributed by atoms with Gasteiger partial charge < -0.3 is 0 Å². The molecule has 0 aliphatic heterocycles. The zero-order valence-corrected chi connectivity index (χ0v) is 5.70. The van der Waals surface area contributed by atoms with E-state index in [0.29, 0.717) is 11.5 Å². The van der Waals surface area contributed by atoms with Crippen LogP contribution in [0.4, 0.5) is 18.3 Å². The summed E-state index contributed by atoms with van der Waals surface area (Å²) in [5, 5.41) is 7.83. The van der Waals surface area contributed by atoms with E-state index in [-0.39, 0.29) is 5.13 Å². The Morgan fingerprint density at radius 2 is 2.09 bits per heavy atom. The molecule has 1 heterocycles. The molecule has 8 heteroatoms. The van der Waals surface area contributed by atoms with Gasteiger partial charge in [-0.2, -0.15) is 22.5 Å². The van der Waals surface area contributed by atoms with E-state index < -0.39 is 12.0 Å². The molecule has 0 aliphatic rings. The number of hydrogen-bond donors (Lipinski definition) is 2. The second-order valence-corrected chi connectivity index (χ2v) is 2.28. The lowest BCUT2D eigenvalue weighted by Gasteiger charge is -1.97. The van der Waals surface area contributed by atoms with E-state index in [1.807, 2.05) is 0 Å². The van der Waals surface area contributed by atoms with Crippen LogP contribution in [0.2, 0.25) is 0 Å². The predicted molar refractivity (Wildman–Crippen MR) is 30.3 cm³/mol. The maximum absolute atomic E-state index is 11.7. The first-order valence-corrected chi connectivity index (χ1v) is 3.12. The minimum atomic E-state index is -4.55. The first-order valence-electron chi connectivity index (χ1n) is 2.35. The van der Waals surface area contributed by atoms with Gasteiger partial charge in [0.2, 0.25) is 11.0 Å². The maximum atomic E-state index is 11.7. The maximum Gasteiger partial charge on any atom is 0.452 e. The molecule has 0 fully saturated rings. The van der Waals surface area contributed by atoms with Gasteiger partial charge in [0.25, 0.3) is 0 Å². The lowest BCUT2D eigenvalue weighted by atomic mass is 10.6. The van der Waals surface area contributed by atoms with Gasteiger partial charge in [-0.25, -0.2) is 5.48 Å². The molecule has 0 aliphatic carbocycles. The average molecular weight is 185 g/mol. The minimum absolute atomic E-state index is 0.280. The van der Waals surface area contributed by atoms with Crippen molar-refractivity contribution in [2.45, 2.75) is 6.18 Å². The number of rotatable bonds is 1. The summed E-state index contributed by atoms with van der Waals surface area (Å²) >= 11 is 0.434. The number of nitrogens with zero attached hydrogens (tertiary/aromatic N) is 2. The smallest absolute Gasteiger partial charge is 0.289 e. The molecule has 62 valence electrons. The number of aromatic nitrogens is 2. The molecule has 1 aromatic rings. The Balaban J connectivity index is 2.89. The van der Waals surface area contributed by atoms with Crippen molar-refractivity contribution in [3.63, 3.8) is 0 Å². The summed E-state index contributed by atoms with van der Waals surface area (Å²) in [5.41, 5.74) is 1.46. The van der Waals surface area contributed by atoms with Gasteiger partial charge in [0.15, 0.2) is 0 Å². The molecule has 0 aromatic carbocycles. The fraction of sp³-hybridized carbons (Fsp3) is 0.333. The van der Waals surface area contributed by atoms with Gasteiger partial charge in [-0.3, -0.25) is 5.21 Å². The topological polar surface area (TPSA) is 58.0 Å². The van der Waals surface area contributed by atoms with Crippen molar-refractivity contribution < 1.29 is 18.4 Å². The van der Waals surface area contributed by atoms with Gasteiger partial charge in [0.1, 0.15) is 0 Å². The molecular weight excluding hydrogens is 183 g/mol. The first kappa shape index (κ1) is 8.21.